The van der Waals surface area contributed by atoms with E-state index >= 15 is 0 Å². The number of halogens is 2. The van der Waals surface area contributed by atoms with Crippen LogP contribution in [0.15, 0.2) is 60.7 Å². The van der Waals surface area contributed by atoms with E-state index in [9.17, 15) is 14.0 Å². The molecule has 0 atom stereocenters. The van der Waals surface area contributed by atoms with Crippen LogP contribution in [0.3, 0.4) is 0 Å². The van der Waals surface area contributed by atoms with E-state index in [1.807, 2.05) is 56.3 Å². The van der Waals surface area contributed by atoms with E-state index in [0.717, 1.165) is 10.4 Å². The van der Waals surface area contributed by atoms with E-state index in [2.05, 4.69) is 5.32 Å². The maximum absolute atomic E-state index is 13.4. The zero-order valence-electron chi connectivity index (χ0n) is 18.7. The average Bonchev–Trinajstić information content (AvgIpc) is 3.20. The van der Waals surface area contributed by atoms with Gasteiger partial charge in [0, 0.05) is 28.5 Å². The minimum atomic E-state index is -0.560. The molecule has 0 spiro atoms. The van der Waals surface area contributed by atoms with E-state index in [1.165, 1.54) is 28.0 Å². The molecule has 3 rings (SSSR count). The lowest BCUT2D eigenvalue weighted by molar-refractivity contribution is -0.133. The Morgan fingerprint density at radius 2 is 1.79 bits per heavy atom. The molecule has 0 radical (unpaired) electrons. The third-order valence-electron chi connectivity index (χ3n) is 4.99. The van der Waals surface area contributed by atoms with Crippen LogP contribution in [0.25, 0.3) is 0 Å². The van der Waals surface area contributed by atoms with Crippen LogP contribution < -0.4 is 5.32 Å². The molecule has 0 saturated carbocycles. The predicted octanol–water partition coefficient (Wildman–Crippen LogP) is 6.32. The minimum absolute atomic E-state index is 0.0637. The summed E-state index contributed by atoms with van der Waals surface area (Å²) in [6.45, 7) is 5.24. The van der Waals surface area contributed by atoms with Gasteiger partial charge in [-0.1, -0.05) is 48.9 Å². The average molecular weight is 488 g/mol. The highest BCUT2D eigenvalue weighted by molar-refractivity contribution is 7.11. The van der Waals surface area contributed by atoms with E-state index in [0.29, 0.717) is 31.7 Å². The highest BCUT2D eigenvalue weighted by Crippen LogP contribution is 2.21. The zero-order chi connectivity index (χ0) is 23.8. The van der Waals surface area contributed by atoms with Gasteiger partial charge in [-0.2, -0.15) is 0 Å². The summed E-state index contributed by atoms with van der Waals surface area (Å²) < 4.78 is 13.4. The molecule has 33 heavy (non-hydrogen) atoms. The largest absolute Gasteiger partial charge is 0.332 e. The number of aryl methyl sites for hydroxylation is 1. The molecule has 174 valence electrons. The number of carbonyl (C=O) groups is 2. The van der Waals surface area contributed by atoms with Gasteiger partial charge in [0.1, 0.15) is 12.4 Å². The fourth-order valence-corrected chi connectivity index (χ4v) is 4.44. The van der Waals surface area contributed by atoms with Gasteiger partial charge in [0.15, 0.2) is 0 Å². The third kappa shape index (κ3) is 7.30. The van der Waals surface area contributed by atoms with Gasteiger partial charge in [-0.25, -0.2) is 9.18 Å². The summed E-state index contributed by atoms with van der Waals surface area (Å²) in [5, 5.41) is 2.63. The molecule has 5 nitrogen and oxygen atoms in total. The van der Waals surface area contributed by atoms with Crippen LogP contribution in [0.5, 0.6) is 0 Å². The first-order chi connectivity index (χ1) is 15.9. The van der Waals surface area contributed by atoms with E-state index < -0.39 is 11.8 Å². The Morgan fingerprint density at radius 1 is 1.03 bits per heavy atom. The van der Waals surface area contributed by atoms with Crippen molar-refractivity contribution in [3.63, 3.8) is 0 Å². The Kier molecular flexibility index (Phi) is 8.86. The molecule has 0 fully saturated rings. The van der Waals surface area contributed by atoms with Crippen molar-refractivity contribution in [2.45, 2.75) is 33.4 Å². The summed E-state index contributed by atoms with van der Waals surface area (Å²) in [6, 6.07) is 17.4. The van der Waals surface area contributed by atoms with Crippen molar-refractivity contribution < 1.29 is 14.0 Å². The van der Waals surface area contributed by atoms with Crippen LogP contribution in [0.4, 0.5) is 14.9 Å². The van der Waals surface area contributed by atoms with Crippen LogP contribution in [0, 0.1) is 12.7 Å². The van der Waals surface area contributed by atoms with E-state index in [1.54, 1.807) is 16.2 Å². The highest BCUT2D eigenvalue weighted by atomic mass is 35.5. The second-order valence-electron chi connectivity index (χ2n) is 7.73. The highest BCUT2D eigenvalue weighted by Gasteiger charge is 2.22. The molecule has 1 N–H and O–H groups in total. The Morgan fingerprint density at radius 3 is 2.42 bits per heavy atom. The number of hydrogen-bond acceptors (Lipinski definition) is 3. The lowest BCUT2D eigenvalue weighted by Gasteiger charge is -2.27. The van der Waals surface area contributed by atoms with E-state index in [4.69, 9.17) is 11.6 Å². The fraction of sp³-hybridized carbons (Fsp3) is 0.280. The zero-order valence-corrected chi connectivity index (χ0v) is 20.3. The van der Waals surface area contributed by atoms with Crippen molar-refractivity contribution in [2.24, 2.45) is 0 Å². The second-order valence-corrected chi connectivity index (χ2v) is 9.51. The topological polar surface area (TPSA) is 52.7 Å². The normalized spacial score (nSPS) is 10.7. The quantitative estimate of drug-likeness (QED) is 0.384. The van der Waals surface area contributed by atoms with Gasteiger partial charge in [-0.15, -0.1) is 11.3 Å². The Hall–Kier alpha value is -2.90. The van der Waals surface area contributed by atoms with Crippen molar-refractivity contribution in [3.8, 4) is 0 Å². The number of anilines is 1. The molecule has 0 unspecified atom stereocenters. The molecule has 2 aromatic carbocycles. The number of urea groups is 1. The van der Waals surface area contributed by atoms with Gasteiger partial charge in [0.05, 0.1) is 11.6 Å². The van der Waals surface area contributed by atoms with Gasteiger partial charge >= 0.3 is 6.03 Å². The number of hydrogen-bond donors (Lipinski definition) is 1. The van der Waals surface area contributed by atoms with Crippen LogP contribution in [0.2, 0.25) is 5.02 Å². The van der Waals surface area contributed by atoms with Crippen LogP contribution in [-0.2, 0) is 17.9 Å². The summed E-state index contributed by atoms with van der Waals surface area (Å²) in [4.78, 5) is 31.7. The van der Waals surface area contributed by atoms with Crippen molar-refractivity contribution in [1.29, 1.82) is 0 Å². The molecule has 1 aromatic heterocycles. The first-order valence-electron chi connectivity index (χ1n) is 10.7. The third-order valence-corrected chi connectivity index (χ3v) is 6.26. The predicted molar refractivity (Wildman–Crippen MR) is 132 cm³/mol. The molecule has 0 saturated heterocycles. The summed E-state index contributed by atoms with van der Waals surface area (Å²) in [5.74, 6) is -0.707. The van der Waals surface area contributed by atoms with Gasteiger partial charge in [-0.3, -0.25) is 4.79 Å². The number of nitrogens with one attached hydrogen (secondary N) is 1. The molecule has 0 aliphatic carbocycles. The molecule has 0 bridgehead atoms. The first-order valence-corrected chi connectivity index (χ1v) is 11.9. The molecule has 8 heteroatoms. The van der Waals surface area contributed by atoms with Gasteiger partial charge in [0.25, 0.3) is 0 Å². The van der Waals surface area contributed by atoms with Crippen molar-refractivity contribution in [1.82, 2.24) is 9.80 Å². The van der Waals surface area contributed by atoms with Crippen LogP contribution in [0.1, 0.15) is 28.7 Å². The Bertz CT molecular complexity index is 1090. The van der Waals surface area contributed by atoms with Crippen molar-refractivity contribution in [2.75, 3.05) is 18.4 Å². The maximum atomic E-state index is 13.4. The van der Waals surface area contributed by atoms with Crippen molar-refractivity contribution >= 4 is 40.6 Å². The summed E-state index contributed by atoms with van der Waals surface area (Å²) in [6.07, 6.45) is 0.688. The van der Waals surface area contributed by atoms with Crippen molar-refractivity contribution in [3.05, 3.63) is 86.8 Å². The number of amides is 3. The lowest BCUT2D eigenvalue weighted by atomic mass is 10.2. The second kappa shape index (κ2) is 11.8. The SMILES string of the molecule is CCCN(CC(=O)N(Cc1ccccc1)Cc1ccc(C)s1)C(=O)Nc1ccc(F)c(Cl)c1. The van der Waals surface area contributed by atoms with Crippen LogP contribution >= 0.6 is 22.9 Å². The molecule has 0 aliphatic rings. The Balaban J connectivity index is 1.74. The van der Waals surface area contributed by atoms with Gasteiger partial charge < -0.3 is 15.1 Å². The molecule has 1 heterocycles. The summed E-state index contributed by atoms with van der Waals surface area (Å²) in [7, 11) is 0. The minimum Gasteiger partial charge on any atom is -0.332 e. The summed E-state index contributed by atoms with van der Waals surface area (Å²) >= 11 is 7.47. The molecular formula is C25H27ClFN3O2S. The number of benzene rings is 2. The molecule has 3 aromatic rings. The number of thiophene rings is 1. The standard InChI is InChI=1S/C25H27ClFN3O2S/c1-3-13-29(25(32)28-20-10-12-23(27)22(26)14-20)17-24(31)30(15-19-7-5-4-6-8-19)16-21-11-9-18(2)33-21/h4-12,14H,3,13,15-17H2,1-2H3,(H,28,32). The lowest BCUT2D eigenvalue weighted by Crippen LogP contribution is -2.44. The smallest absolute Gasteiger partial charge is 0.322 e. The number of carbonyl (C=O) groups excluding carboxylic acids is 2. The fourth-order valence-electron chi connectivity index (χ4n) is 3.36. The summed E-state index contributed by atoms with van der Waals surface area (Å²) in [5.41, 5.74) is 1.39. The van der Waals surface area contributed by atoms with Gasteiger partial charge in [-0.05, 0) is 49.2 Å². The number of rotatable bonds is 9. The Labute approximate surface area is 202 Å². The molecule has 0 aliphatic heterocycles. The van der Waals surface area contributed by atoms with E-state index in [-0.39, 0.29) is 17.5 Å². The monoisotopic (exact) mass is 487 g/mol. The first kappa shape index (κ1) is 24.7. The van der Waals surface area contributed by atoms with Gasteiger partial charge in [0.2, 0.25) is 5.91 Å². The molecule has 3 amide bonds. The molecular weight excluding hydrogens is 461 g/mol. The number of nitrogens with zero attached hydrogens (tertiary/aromatic N) is 2. The van der Waals surface area contributed by atoms with Crippen LogP contribution in [-0.4, -0.2) is 34.8 Å². The maximum Gasteiger partial charge on any atom is 0.322 e.